The number of hydrazine groups is 1. The molecule has 0 bridgehead atoms. The van der Waals surface area contributed by atoms with Crippen molar-refractivity contribution < 1.29 is 14.9 Å². The normalized spacial score (nSPS) is 12.1. The standard InChI is InChI=1S/C4H9N3O4/c5-3(4(8)9)1-2-6-7(10)11/h3,6H,1-2,5H2,(H,8,9)/p-1. The highest BCUT2D eigenvalue weighted by atomic mass is 16.7. The van der Waals surface area contributed by atoms with Crippen molar-refractivity contribution >= 4 is 5.97 Å². The third-order valence-electron chi connectivity index (χ3n) is 0.999. The van der Waals surface area contributed by atoms with E-state index in [1.54, 1.807) is 5.43 Å². The van der Waals surface area contributed by atoms with Crippen molar-refractivity contribution in [2.24, 2.45) is 5.73 Å². The maximum atomic E-state index is 9.94. The summed E-state index contributed by atoms with van der Waals surface area (Å²) in [4.78, 5) is 19.6. The van der Waals surface area contributed by atoms with Crippen molar-refractivity contribution in [3.8, 4) is 0 Å². The predicted octanol–water partition coefficient (Wildman–Crippen LogP) is -2.76. The first-order valence-corrected chi connectivity index (χ1v) is 2.88. The second kappa shape index (κ2) is 4.45. The van der Waals surface area contributed by atoms with E-state index in [4.69, 9.17) is 5.73 Å². The van der Waals surface area contributed by atoms with Gasteiger partial charge in [-0.2, -0.15) is 0 Å². The van der Waals surface area contributed by atoms with Crippen LogP contribution >= 0.6 is 0 Å². The summed E-state index contributed by atoms with van der Waals surface area (Å²) in [6, 6.07) is -1.15. The Morgan fingerprint density at radius 1 is 1.73 bits per heavy atom. The summed E-state index contributed by atoms with van der Waals surface area (Å²) in [5.74, 6) is -1.41. The summed E-state index contributed by atoms with van der Waals surface area (Å²) in [7, 11) is 0. The maximum Gasteiger partial charge on any atom is 0.157 e. The molecule has 0 aliphatic carbocycles. The summed E-state index contributed by atoms with van der Waals surface area (Å²) < 4.78 is 0. The van der Waals surface area contributed by atoms with Crippen LogP contribution in [0, 0.1) is 10.1 Å². The van der Waals surface area contributed by atoms with E-state index < -0.39 is 17.0 Å². The van der Waals surface area contributed by atoms with E-state index in [1.807, 2.05) is 0 Å². The Morgan fingerprint density at radius 3 is 2.64 bits per heavy atom. The Labute approximate surface area is 62.3 Å². The lowest BCUT2D eigenvalue weighted by molar-refractivity contribution is -0.544. The number of hydrogen-bond acceptors (Lipinski definition) is 5. The highest BCUT2D eigenvalue weighted by molar-refractivity contribution is 5.70. The number of rotatable bonds is 5. The summed E-state index contributed by atoms with van der Waals surface area (Å²) in [6.45, 7) is -0.0812. The Balaban J connectivity index is 3.39. The summed E-state index contributed by atoms with van der Waals surface area (Å²) in [5, 5.41) is 18.8. The molecule has 64 valence electrons. The number of hydrogen-bond donors (Lipinski definition) is 2. The molecule has 1 atom stereocenters. The first-order chi connectivity index (χ1) is 5.04. The molecule has 0 heterocycles. The van der Waals surface area contributed by atoms with E-state index in [0.717, 1.165) is 0 Å². The molecule has 0 aliphatic rings. The van der Waals surface area contributed by atoms with Gasteiger partial charge in [0.05, 0.1) is 12.5 Å². The van der Waals surface area contributed by atoms with E-state index in [2.05, 4.69) is 0 Å². The largest absolute Gasteiger partial charge is 0.548 e. The van der Waals surface area contributed by atoms with Gasteiger partial charge in [0.1, 0.15) is 0 Å². The van der Waals surface area contributed by atoms with Crippen LogP contribution in [0.25, 0.3) is 0 Å². The third-order valence-corrected chi connectivity index (χ3v) is 0.999. The van der Waals surface area contributed by atoms with Gasteiger partial charge in [0, 0.05) is 6.04 Å². The van der Waals surface area contributed by atoms with Gasteiger partial charge in [0.25, 0.3) is 0 Å². The van der Waals surface area contributed by atoms with Gasteiger partial charge in [-0.05, 0) is 6.42 Å². The fourth-order valence-electron chi connectivity index (χ4n) is 0.429. The summed E-state index contributed by atoms with van der Waals surface area (Å²) in [5.41, 5.74) is 6.76. The minimum atomic E-state index is -1.41. The molecule has 11 heavy (non-hydrogen) atoms. The van der Waals surface area contributed by atoms with Crippen molar-refractivity contribution in [2.45, 2.75) is 12.5 Å². The molecular weight excluding hydrogens is 154 g/mol. The van der Waals surface area contributed by atoms with E-state index in [9.17, 15) is 20.0 Å². The SMILES string of the molecule is NC(CCN[N+](=O)[O-])C(=O)[O-]. The number of aliphatic carboxylic acids is 1. The quantitative estimate of drug-likeness (QED) is 0.333. The van der Waals surface area contributed by atoms with Crippen molar-refractivity contribution in [2.75, 3.05) is 6.54 Å². The topological polar surface area (TPSA) is 121 Å². The number of nitrogens with two attached hydrogens (primary N) is 1. The molecule has 0 saturated heterocycles. The summed E-state index contributed by atoms with van der Waals surface area (Å²) in [6.07, 6.45) is -0.0245. The number of carbonyl (C=O) groups is 1. The van der Waals surface area contributed by atoms with Crippen LogP contribution in [-0.2, 0) is 4.79 Å². The molecule has 0 saturated carbocycles. The van der Waals surface area contributed by atoms with Crippen molar-refractivity contribution in [1.29, 1.82) is 0 Å². The van der Waals surface area contributed by atoms with Crippen molar-refractivity contribution in [1.82, 2.24) is 5.43 Å². The van der Waals surface area contributed by atoms with Gasteiger partial charge in [-0.15, -0.1) is 5.43 Å². The highest BCUT2D eigenvalue weighted by Gasteiger charge is 2.03. The van der Waals surface area contributed by atoms with E-state index >= 15 is 0 Å². The lowest BCUT2D eigenvalue weighted by Gasteiger charge is -2.09. The molecule has 0 aromatic heterocycles. The number of carboxylic acids is 1. The van der Waals surface area contributed by atoms with Crippen molar-refractivity contribution in [3.05, 3.63) is 10.1 Å². The maximum absolute atomic E-state index is 9.94. The minimum absolute atomic E-state index is 0.0245. The van der Waals surface area contributed by atoms with Gasteiger partial charge in [-0.1, -0.05) is 0 Å². The predicted molar refractivity (Wildman–Crippen MR) is 32.6 cm³/mol. The molecule has 0 aromatic carbocycles. The lowest BCUT2D eigenvalue weighted by atomic mass is 10.2. The van der Waals surface area contributed by atoms with E-state index in [0.29, 0.717) is 0 Å². The Hall–Kier alpha value is -1.37. The molecule has 0 spiro atoms. The minimum Gasteiger partial charge on any atom is -0.548 e. The molecule has 0 amide bonds. The Morgan fingerprint density at radius 2 is 2.27 bits per heavy atom. The molecule has 0 radical (unpaired) electrons. The van der Waals surface area contributed by atoms with Gasteiger partial charge >= 0.3 is 0 Å². The molecule has 3 N–H and O–H groups in total. The number of carbonyl (C=O) groups excluding carboxylic acids is 1. The van der Waals surface area contributed by atoms with Crippen LogP contribution in [0.3, 0.4) is 0 Å². The smallest absolute Gasteiger partial charge is 0.157 e. The van der Waals surface area contributed by atoms with Crippen LogP contribution in [0.2, 0.25) is 0 Å². The van der Waals surface area contributed by atoms with Gasteiger partial charge in [-0.25, -0.2) is 10.1 Å². The number of carboxylic acid groups (broad SMARTS) is 1. The molecule has 0 aromatic rings. The Kier molecular flexibility index (Phi) is 3.89. The van der Waals surface area contributed by atoms with E-state index in [1.165, 1.54) is 0 Å². The fourth-order valence-corrected chi connectivity index (χ4v) is 0.429. The molecule has 7 nitrogen and oxygen atoms in total. The Bertz CT molecular complexity index is 159. The zero-order chi connectivity index (χ0) is 8.85. The molecule has 0 fully saturated rings. The molecule has 1 unspecified atom stereocenters. The molecular formula is C4H8N3O4-. The molecule has 7 heteroatoms. The average molecular weight is 162 g/mol. The second-order valence-corrected chi connectivity index (χ2v) is 1.88. The third kappa shape index (κ3) is 5.09. The van der Waals surface area contributed by atoms with Gasteiger partial charge < -0.3 is 15.6 Å². The van der Waals surface area contributed by atoms with Gasteiger partial charge in [-0.3, -0.25) is 0 Å². The van der Waals surface area contributed by atoms with Crippen molar-refractivity contribution in [3.63, 3.8) is 0 Å². The van der Waals surface area contributed by atoms with E-state index in [-0.39, 0.29) is 13.0 Å². The first kappa shape index (κ1) is 9.63. The lowest BCUT2D eigenvalue weighted by Crippen LogP contribution is -2.43. The zero-order valence-corrected chi connectivity index (χ0v) is 5.65. The van der Waals surface area contributed by atoms with Crippen LogP contribution in [0.15, 0.2) is 0 Å². The zero-order valence-electron chi connectivity index (χ0n) is 5.65. The monoisotopic (exact) mass is 162 g/mol. The summed E-state index contributed by atoms with van der Waals surface area (Å²) >= 11 is 0. The number of nitrogens with zero attached hydrogens (tertiary/aromatic N) is 1. The van der Waals surface area contributed by atoms with Gasteiger partial charge in [0.2, 0.25) is 0 Å². The number of nitro groups is 1. The van der Waals surface area contributed by atoms with Crippen LogP contribution in [0.4, 0.5) is 0 Å². The fraction of sp³-hybridized carbons (Fsp3) is 0.750. The molecule has 0 aliphatic heterocycles. The average Bonchev–Trinajstić information content (AvgIpc) is 1.86. The second-order valence-electron chi connectivity index (χ2n) is 1.88. The van der Waals surface area contributed by atoms with Crippen LogP contribution < -0.4 is 16.3 Å². The number of nitrogens with one attached hydrogen (secondary N) is 1. The van der Waals surface area contributed by atoms with Gasteiger partial charge in [0.15, 0.2) is 5.03 Å². The first-order valence-electron chi connectivity index (χ1n) is 2.88. The highest BCUT2D eigenvalue weighted by Crippen LogP contribution is 1.82. The van der Waals surface area contributed by atoms with Crippen LogP contribution in [-0.4, -0.2) is 23.6 Å². The molecule has 0 rings (SSSR count). The van der Waals surface area contributed by atoms with Crippen LogP contribution in [0.5, 0.6) is 0 Å². The van der Waals surface area contributed by atoms with Crippen LogP contribution in [0.1, 0.15) is 6.42 Å².